The first kappa shape index (κ1) is 23.9. The Hall–Kier alpha value is -2.84. The van der Waals surface area contributed by atoms with Gasteiger partial charge in [-0.15, -0.1) is 10.2 Å². The minimum Gasteiger partial charge on any atom is -0.497 e. The van der Waals surface area contributed by atoms with Gasteiger partial charge < -0.3 is 14.4 Å². The second kappa shape index (κ2) is 11.3. The molecule has 0 saturated carbocycles. The smallest absolute Gasteiger partial charge is 0.240 e. The van der Waals surface area contributed by atoms with Crippen molar-refractivity contribution in [2.45, 2.75) is 55.2 Å². The number of hydrogen-bond acceptors (Lipinski definition) is 6. The van der Waals surface area contributed by atoms with Crippen LogP contribution in [0.4, 0.5) is 0 Å². The summed E-state index contributed by atoms with van der Waals surface area (Å²) in [6.07, 6.45) is 5.51. The summed E-state index contributed by atoms with van der Waals surface area (Å²) in [6.45, 7) is 3.09. The maximum absolute atomic E-state index is 13.7. The minimum atomic E-state index is -0.370. The van der Waals surface area contributed by atoms with Gasteiger partial charge in [0.05, 0.1) is 19.8 Å². The average molecular weight is 493 g/mol. The van der Waals surface area contributed by atoms with Gasteiger partial charge in [0, 0.05) is 25.3 Å². The Labute approximate surface area is 210 Å². The van der Waals surface area contributed by atoms with Crippen LogP contribution >= 0.6 is 11.8 Å². The van der Waals surface area contributed by atoms with E-state index in [9.17, 15) is 4.79 Å². The number of rotatable bonds is 8. The highest BCUT2D eigenvalue weighted by molar-refractivity contribution is 8.00. The summed E-state index contributed by atoms with van der Waals surface area (Å²) in [5, 5.41) is 9.53. The molecule has 0 spiro atoms. The molecule has 184 valence electrons. The highest BCUT2D eigenvalue weighted by Gasteiger charge is 2.31. The molecular formula is C27H32N4O3S. The monoisotopic (exact) mass is 492 g/mol. The molecule has 2 aliphatic heterocycles. The predicted molar refractivity (Wildman–Crippen MR) is 136 cm³/mol. The molecular weight excluding hydrogens is 460 g/mol. The molecule has 3 heterocycles. The van der Waals surface area contributed by atoms with Crippen molar-refractivity contribution in [1.29, 1.82) is 0 Å². The molecule has 2 fully saturated rings. The highest BCUT2D eigenvalue weighted by Crippen LogP contribution is 2.38. The van der Waals surface area contributed by atoms with Crippen LogP contribution in [-0.4, -0.2) is 58.5 Å². The number of methoxy groups -OCH3 is 1. The second-order valence-electron chi connectivity index (χ2n) is 9.07. The first-order valence-electron chi connectivity index (χ1n) is 12.4. The van der Waals surface area contributed by atoms with E-state index in [1.54, 1.807) is 7.11 Å². The fraction of sp³-hybridized carbons (Fsp3) is 0.444. The van der Waals surface area contributed by atoms with Gasteiger partial charge in [-0.3, -0.25) is 9.36 Å². The predicted octanol–water partition coefficient (Wildman–Crippen LogP) is 4.98. The third-order valence-corrected chi connectivity index (χ3v) is 7.92. The summed E-state index contributed by atoms with van der Waals surface area (Å²) in [6, 6.07) is 17.9. The Morgan fingerprint density at radius 3 is 2.51 bits per heavy atom. The van der Waals surface area contributed by atoms with Crippen molar-refractivity contribution >= 4 is 17.7 Å². The average Bonchev–Trinajstić information content (AvgIpc) is 3.58. The van der Waals surface area contributed by atoms with Gasteiger partial charge in [-0.05, 0) is 61.9 Å². The van der Waals surface area contributed by atoms with Crippen LogP contribution in [0.2, 0.25) is 0 Å². The van der Waals surface area contributed by atoms with E-state index in [0.717, 1.165) is 73.2 Å². The number of benzene rings is 2. The molecule has 0 bridgehead atoms. The van der Waals surface area contributed by atoms with Crippen LogP contribution in [0.5, 0.6) is 5.75 Å². The van der Waals surface area contributed by atoms with Gasteiger partial charge in [0.2, 0.25) is 5.91 Å². The number of ether oxygens (including phenoxy) is 2. The zero-order valence-electron chi connectivity index (χ0n) is 20.1. The van der Waals surface area contributed by atoms with E-state index in [1.807, 2.05) is 59.5 Å². The van der Waals surface area contributed by atoms with Crippen molar-refractivity contribution in [3.63, 3.8) is 0 Å². The molecule has 2 unspecified atom stereocenters. The van der Waals surface area contributed by atoms with Crippen LogP contribution in [0.1, 0.15) is 42.9 Å². The van der Waals surface area contributed by atoms with Gasteiger partial charge in [0.25, 0.3) is 0 Å². The van der Waals surface area contributed by atoms with Crippen LogP contribution in [-0.2, 0) is 16.1 Å². The van der Waals surface area contributed by atoms with Gasteiger partial charge in [-0.1, -0.05) is 42.1 Å². The number of amides is 1. The van der Waals surface area contributed by atoms with E-state index in [1.165, 1.54) is 18.2 Å². The standard InChI is InChI=1S/C27H32N4O3S/c1-33-22-14-12-21(13-15-22)25-28-29-27(31(25)19-23-11-8-18-34-23)35-24(20-9-4-2-5-10-20)26(32)30-16-6-3-7-17-30/h2,4-5,9-10,12-15,23-24H,3,6-8,11,16-19H2,1H3. The lowest BCUT2D eigenvalue weighted by Gasteiger charge is -2.30. The molecule has 0 radical (unpaired) electrons. The maximum Gasteiger partial charge on any atom is 0.240 e. The molecule has 8 heteroatoms. The SMILES string of the molecule is COc1ccc(-c2nnc(SC(C(=O)N3CCCCC3)c3ccccc3)n2CC2CCCO2)cc1. The van der Waals surface area contributed by atoms with E-state index in [2.05, 4.69) is 14.8 Å². The summed E-state index contributed by atoms with van der Waals surface area (Å²) >= 11 is 1.49. The van der Waals surface area contributed by atoms with Gasteiger partial charge in [-0.2, -0.15) is 0 Å². The van der Waals surface area contributed by atoms with Crippen molar-refractivity contribution in [3.05, 3.63) is 60.2 Å². The molecule has 2 aliphatic rings. The zero-order chi connectivity index (χ0) is 24.0. The van der Waals surface area contributed by atoms with E-state index in [4.69, 9.17) is 9.47 Å². The van der Waals surface area contributed by atoms with E-state index < -0.39 is 0 Å². The largest absolute Gasteiger partial charge is 0.497 e. The number of carbonyl (C=O) groups excluding carboxylic acids is 1. The summed E-state index contributed by atoms with van der Waals surface area (Å²) in [4.78, 5) is 15.7. The zero-order valence-corrected chi connectivity index (χ0v) is 21.0. The van der Waals surface area contributed by atoms with Crippen molar-refractivity contribution in [2.75, 3.05) is 26.8 Å². The fourth-order valence-corrected chi connectivity index (χ4v) is 5.89. The second-order valence-corrected chi connectivity index (χ2v) is 10.1. The molecule has 3 aromatic rings. The van der Waals surface area contributed by atoms with Gasteiger partial charge in [0.15, 0.2) is 11.0 Å². The molecule has 5 rings (SSSR count). The molecule has 1 amide bonds. The Kier molecular flexibility index (Phi) is 7.69. The molecule has 0 aliphatic carbocycles. The lowest BCUT2D eigenvalue weighted by Crippen LogP contribution is -2.38. The fourth-order valence-electron chi connectivity index (χ4n) is 4.76. The number of hydrogen-bond donors (Lipinski definition) is 0. The van der Waals surface area contributed by atoms with E-state index in [-0.39, 0.29) is 17.3 Å². The maximum atomic E-state index is 13.7. The Morgan fingerprint density at radius 2 is 1.83 bits per heavy atom. The van der Waals surface area contributed by atoms with Crippen molar-refractivity contribution in [2.24, 2.45) is 0 Å². The molecule has 7 nitrogen and oxygen atoms in total. The third kappa shape index (κ3) is 5.54. The summed E-state index contributed by atoms with van der Waals surface area (Å²) in [5.41, 5.74) is 1.95. The van der Waals surface area contributed by atoms with Crippen molar-refractivity contribution in [1.82, 2.24) is 19.7 Å². The van der Waals surface area contributed by atoms with Gasteiger partial charge in [-0.25, -0.2) is 0 Å². The summed E-state index contributed by atoms with van der Waals surface area (Å²) in [5.74, 6) is 1.73. The molecule has 35 heavy (non-hydrogen) atoms. The number of piperidine rings is 1. The molecule has 1 aromatic heterocycles. The number of carbonyl (C=O) groups is 1. The number of thioether (sulfide) groups is 1. The molecule has 2 aromatic carbocycles. The Bertz CT molecular complexity index is 1110. The van der Waals surface area contributed by atoms with Crippen LogP contribution in [0.25, 0.3) is 11.4 Å². The van der Waals surface area contributed by atoms with Crippen LogP contribution in [0, 0.1) is 0 Å². The van der Waals surface area contributed by atoms with Gasteiger partial charge >= 0.3 is 0 Å². The van der Waals surface area contributed by atoms with E-state index in [0.29, 0.717) is 6.54 Å². The van der Waals surface area contributed by atoms with Crippen LogP contribution in [0.15, 0.2) is 59.8 Å². The Morgan fingerprint density at radius 1 is 1.06 bits per heavy atom. The normalized spacial score (nSPS) is 19.0. The third-order valence-electron chi connectivity index (χ3n) is 6.69. The lowest BCUT2D eigenvalue weighted by atomic mass is 10.1. The number of aromatic nitrogens is 3. The summed E-state index contributed by atoms with van der Waals surface area (Å²) < 4.78 is 13.4. The van der Waals surface area contributed by atoms with Crippen LogP contribution < -0.4 is 4.74 Å². The van der Waals surface area contributed by atoms with Crippen molar-refractivity contribution in [3.8, 4) is 17.1 Å². The first-order chi connectivity index (χ1) is 17.2. The minimum absolute atomic E-state index is 0.121. The summed E-state index contributed by atoms with van der Waals surface area (Å²) in [7, 11) is 1.66. The first-order valence-corrected chi connectivity index (χ1v) is 13.3. The van der Waals surface area contributed by atoms with Crippen LogP contribution in [0.3, 0.4) is 0 Å². The molecule has 2 atom stereocenters. The van der Waals surface area contributed by atoms with E-state index >= 15 is 0 Å². The lowest BCUT2D eigenvalue weighted by molar-refractivity contribution is -0.131. The molecule has 2 saturated heterocycles. The number of likely N-dealkylation sites (tertiary alicyclic amines) is 1. The Balaban J connectivity index is 1.49. The quantitative estimate of drug-likeness (QED) is 0.413. The van der Waals surface area contributed by atoms with Gasteiger partial charge in [0.1, 0.15) is 11.0 Å². The van der Waals surface area contributed by atoms with Crippen molar-refractivity contribution < 1.29 is 14.3 Å². The molecule has 0 N–H and O–H groups in total. The highest BCUT2D eigenvalue weighted by atomic mass is 32.2. The topological polar surface area (TPSA) is 69.5 Å². The number of nitrogens with zero attached hydrogens (tertiary/aromatic N) is 4.